The van der Waals surface area contributed by atoms with Crippen molar-refractivity contribution < 1.29 is 8.78 Å². The zero-order chi connectivity index (χ0) is 26.6. The first-order valence-electron chi connectivity index (χ1n) is 13.1. The molecule has 10 heteroatoms. The van der Waals surface area contributed by atoms with Crippen LogP contribution in [0.2, 0.25) is 0 Å². The molecular weight excluding hydrogens is 486 g/mol. The summed E-state index contributed by atoms with van der Waals surface area (Å²) in [6.07, 6.45) is 4.19. The number of imidazole rings is 1. The summed E-state index contributed by atoms with van der Waals surface area (Å²) in [5.74, 6) is 0.278. The van der Waals surface area contributed by atoms with Crippen molar-refractivity contribution in [2.24, 2.45) is 5.41 Å². The number of likely N-dealkylation sites (tertiary alicyclic amines) is 1. The molecule has 8 nitrogen and oxygen atoms in total. The quantitative estimate of drug-likeness (QED) is 0.365. The summed E-state index contributed by atoms with van der Waals surface area (Å²) >= 11 is 0. The van der Waals surface area contributed by atoms with E-state index < -0.39 is 11.6 Å². The highest BCUT2D eigenvalue weighted by Crippen LogP contribution is 2.40. The fourth-order valence-electron chi connectivity index (χ4n) is 5.89. The number of pyridine rings is 1. The van der Waals surface area contributed by atoms with Gasteiger partial charge in [-0.15, -0.1) is 0 Å². The number of fused-ring (bicyclic) bond motifs is 1. The van der Waals surface area contributed by atoms with Crippen molar-refractivity contribution in [3.05, 3.63) is 59.7 Å². The Morgan fingerprint density at radius 2 is 1.84 bits per heavy atom. The average molecular weight is 519 g/mol. The molecule has 1 atom stereocenters. The molecular formula is C28H32F2N8. The van der Waals surface area contributed by atoms with Crippen molar-refractivity contribution in [1.82, 2.24) is 34.7 Å². The van der Waals surface area contributed by atoms with Gasteiger partial charge in [-0.05, 0) is 64.4 Å². The molecule has 1 unspecified atom stereocenters. The molecule has 198 valence electrons. The maximum atomic E-state index is 15.0. The Balaban J connectivity index is 1.22. The minimum atomic E-state index is -0.636. The molecule has 5 heterocycles. The van der Waals surface area contributed by atoms with Gasteiger partial charge in [0.15, 0.2) is 11.6 Å². The van der Waals surface area contributed by atoms with Crippen LogP contribution >= 0.6 is 0 Å². The molecule has 2 fully saturated rings. The van der Waals surface area contributed by atoms with Crippen LogP contribution in [0.25, 0.3) is 22.3 Å². The van der Waals surface area contributed by atoms with Crippen molar-refractivity contribution in [2.75, 3.05) is 31.5 Å². The Kier molecular flexibility index (Phi) is 6.11. The first-order chi connectivity index (χ1) is 18.2. The van der Waals surface area contributed by atoms with Crippen molar-refractivity contribution in [3.8, 4) is 11.3 Å². The predicted octanol–water partition coefficient (Wildman–Crippen LogP) is 5.16. The van der Waals surface area contributed by atoms with Gasteiger partial charge in [0.2, 0.25) is 5.95 Å². The number of hydrogen-bond donors (Lipinski definition) is 2. The normalized spacial score (nSPS) is 17.9. The lowest BCUT2D eigenvalue weighted by Gasteiger charge is -2.50. The molecule has 0 radical (unpaired) electrons. The van der Waals surface area contributed by atoms with E-state index in [2.05, 4.69) is 42.4 Å². The zero-order valence-electron chi connectivity index (χ0n) is 22.1. The maximum Gasteiger partial charge on any atom is 0.229 e. The van der Waals surface area contributed by atoms with Crippen LogP contribution in [-0.2, 0) is 0 Å². The van der Waals surface area contributed by atoms with E-state index in [1.807, 2.05) is 43.7 Å². The summed E-state index contributed by atoms with van der Waals surface area (Å²) in [6.45, 7) is 12.5. The molecule has 2 aliphatic heterocycles. The molecule has 1 spiro atoms. The molecule has 1 aromatic carbocycles. The minimum Gasteiger partial charge on any atom is -0.326 e. The molecule has 38 heavy (non-hydrogen) atoms. The topological polar surface area (TPSA) is 83.8 Å². The summed E-state index contributed by atoms with van der Waals surface area (Å²) in [5.41, 5.74) is 2.78. The Morgan fingerprint density at radius 3 is 2.53 bits per heavy atom. The minimum absolute atomic E-state index is 0.0100. The molecule has 0 aliphatic carbocycles. The monoisotopic (exact) mass is 518 g/mol. The highest BCUT2D eigenvalue weighted by molar-refractivity contribution is 5.83. The predicted molar refractivity (Wildman–Crippen MR) is 143 cm³/mol. The Hall–Kier alpha value is -3.50. The van der Waals surface area contributed by atoms with E-state index in [4.69, 9.17) is 0 Å². The van der Waals surface area contributed by atoms with Crippen molar-refractivity contribution in [1.29, 1.82) is 0 Å². The fraction of sp³-hybridized carbons (Fsp3) is 0.429. The smallest absolute Gasteiger partial charge is 0.229 e. The lowest BCUT2D eigenvalue weighted by atomic mass is 9.78. The van der Waals surface area contributed by atoms with Crippen LogP contribution in [0.15, 0.2) is 36.7 Å². The number of anilines is 2. The van der Waals surface area contributed by atoms with Gasteiger partial charge >= 0.3 is 0 Å². The first-order valence-corrected chi connectivity index (χ1v) is 13.1. The molecule has 4 aromatic rings. The van der Waals surface area contributed by atoms with Crippen LogP contribution in [0.5, 0.6) is 0 Å². The second-order valence-corrected chi connectivity index (χ2v) is 10.9. The molecule has 0 amide bonds. The van der Waals surface area contributed by atoms with Crippen molar-refractivity contribution in [3.63, 3.8) is 0 Å². The second-order valence-electron chi connectivity index (χ2n) is 10.9. The zero-order valence-corrected chi connectivity index (χ0v) is 22.1. The summed E-state index contributed by atoms with van der Waals surface area (Å²) in [4.78, 5) is 19.8. The van der Waals surface area contributed by atoms with Gasteiger partial charge in [0.1, 0.15) is 22.9 Å². The van der Waals surface area contributed by atoms with Crippen LogP contribution in [0, 0.1) is 24.0 Å². The van der Waals surface area contributed by atoms with Crippen LogP contribution < -0.4 is 10.6 Å². The standard InChI is InChI=1S/C28H32F2N8/c1-16(2)38-18(4)34-26-21(29)9-20(10-23(26)38)25-22(30)12-33-27(36-25)35-24-6-5-19(11-32-24)17(3)37-14-28(15-37)7-8-31-13-28/h5-6,9-12,16-17,31H,7-8,13-15H2,1-4H3,(H,32,33,35,36). The highest BCUT2D eigenvalue weighted by Gasteiger charge is 2.46. The van der Waals surface area contributed by atoms with E-state index in [-0.39, 0.29) is 29.2 Å². The van der Waals surface area contributed by atoms with Gasteiger partial charge in [-0.2, -0.15) is 0 Å². The van der Waals surface area contributed by atoms with Crippen molar-refractivity contribution in [2.45, 2.75) is 46.2 Å². The number of nitrogens with one attached hydrogen (secondary N) is 2. The fourth-order valence-corrected chi connectivity index (χ4v) is 5.89. The number of benzene rings is 1. The molecule has 0 bridgehead atoms. The molecule has 2 saturated heterocycles. The van der Waals surface area contributed by atoms with Gasteiger partial charge in [0.05, 0.1) is 11.7 Å². The lowest BCUT2D eigenvalue weighted by Crippen LogP contribution is -2.57. The third-order valence-electron chi connectivity index (χ3n) is 7.92. The van der Waals surface area contributed by atoms with Crippen LogP contribution in [0.1, 0.15) is 50.7 Å². The summed E-state index contributed by atoms with van der Waals surface area (Å²) < 4.78 is 31.7. The van der Waals surface area contributed by atoms with Gasteiger partial charge in [0, 0.05) is 48.9 Å². The van der Waals surface area contributed by atoms with E-state index in [0.717, 1.165) is 37.9 Å². The second kappa shape index (κ2) is 9.36. The molecule has 2 N–H and O–H groups in total. The summed E-state index contributed by atoms with van der Waals surface area (Å²) in [7, 11) is 0. The molecule has 0 saturated carbocycles. The third kappa shape index (κ3) is 4.31. The highest BCUT2D eigenvalue weighted by atomic mass is 19.1. The van der Waals surface area contributed by atoms with E-state index >= 15 is 0 Å². The lowest BCUT2D eigenvalue weighted by molar-refractivity contribution is -0.0133. The first kappa shape index (κ1) is 24.8. The van der Waals surface area contributed by atoms with E-state index in [0.29, 0.717) is 28.1 Å². The Labute approximate surface area is 220 Å². The number of aromatic nitrogens is 5. The summed E-state index contributed by atoms with van der Waals surface area (Å²) in [6, 6.07) is 7.26. The summed E-state index contributed by atoms with van der Waals surface area (Å²) in [5, 5.41) is 6.53. The average Bonchev–Trinajstić information content (AvgIpc) is 3.49. The maximum absolute atomic E-state index is 15.0. The number of aryl methyl sites for hydroxylation is 1. The van der Waals surface area contributed by atoms with Crippen molar-refractivity contribution >= 4 is 22.8 Å². The molecule has 2 aliphatic rings. The molecule has 6 rings (SSSR count). The Morgan fingerprint density at radius 1 is 1.03 bits per heavy atom. The van der Waals surface area contributed by atoms with Gasteiger partial charge in [0.25, 0.3) is 0 Å². The number of halogens is 2. The van der Waals surface area contributed by atoms with Gasteiger partial charge in [-0.3, -0.25) is 4.90 Å². The van der Waals surface area contributed by atoms with Gasteiger partial charge in [-0.25, -0.2) is 28.7 Å². The molecule has 3 aromatic heterocycles. The number of hydrogen-bond acceptors (Lipinski definition) is 7. The van der Waals surface area contributed by atoms with Gasteiger partial charge in [-0.1, -0.05) is 6.07 Å². The largest absolute Gasteiger partial charge is 0.326 e. The third-order valence-corrected chi connectivity index (χ3v) is 7.92. The van der Waals surface area contributed by atoms with Crippen LogP contribution in [-0.4, -0.2) is 55.6 Å². The van der Waals surface area contributed by atoms with E-state index in [9.17, 15) is 8.78 Å². The van der Waals surface area contributed by atoms with E-state index in [1.165, 1.54) is 12.5 Å². The number of nitrogens with zero attached hydrogens (tertiary/aromatic N) is 6. The van der Waals surface area contributed by atoms with Gasteiger partial charge < -0.3 is 15.2 Å². The van der Waals surface area contributed by atoms with Crippen LogP contribution in [0.4, 0.5) is 20.5 Å². The Bertz CT molecular complexity index is 1480. The number of rotatable bonds is 6. The van der Waals surface area contributed by atoms with E-state index in [1.54, 1.807) is 6.07 Å². The van der Waals surface area contributed by atoms with Crippen LogP contribution in [0.3, 0.4) is 0 Å². The SMILES string of the molecule is Cc1nc2c(F)cc(-c3nc(Nc4ccc(C(C)N5CC6(CCNC6)C5)cn4)ncc3F)cc2n1C(C)C.